The van der Waals surface area contributed by atoms with E-state index in [1.54, 1.807) is 0 Å². The van der Waals surface area contributed by atoms with Crippen molar-refractivity contribution in [2.45, 2.75) is 31.3 Å². The molecule has 0 rings (SSSR count). The lowest BCUT2D eigenvalue weighted by atomic mass is 10.3. The van der Waals surface area contributed by atoms with Gasteiger partial charge in [-0.15, -0.1) is 11.6 Å². The first-order valence-corrected chi connectivity index (χ1v) is 5.72. The van der Waals surface area contributed by atoms with Gasteiger partial charge in [-0.05, 0) is 33.4 Å². The third-order valence-corrected chi connectivity index (χ3v) is 2.22. The fourth-order valence-corrected chi connectivity index (χ4v) is 1.23. The summed E-state index contributed by atoms with van der Waals surface area (Å²) < 4.78 is 39.6. The average Bonchev–Trinajstić information content (AvgIpc) is 2.12. The SMILES string of the molecule is CC(Cl)CCN(C)CCCOCC(F)(F)F. The maximum absolute atomic E-state index is 11.7. The van der Waals surface area contributed by atoms with Crippen molar-refractivity contribution in [2.75, 3.05) is 33.4 Å². The van der Waals surface area contributed by atoms with Crippen LogP contribution < -0.4 is 0 Å². The van der Waals surface area contributed by atoms with Gasteiger partial charge in [-0.1, -0.05) is 0 Å². The minimum Gasteiger partial charge on any atom is -0.372 e. The predicted octanol–water partition coefficient (Wildman–Crippen LogP) is 2.90. The molecule has 0 aromatic rings. The minimum atomic E-state index is -4.22. The van der Waals surface area contributed by atoms with E-state index in [0.29, 0.717) is 6.42 Å². The second kappa shape index (κ2) is 8.14. The Morgan fingerprint density at radius 3 is 2.44 bits per heavy atom. The molecule has 0 radical (unpaired) electrons. The van der Waals surface area contributed by atoms with Gasteiger partial charge in [0, 0.05) is 18.5 Å². The van der Waals surface area contributed by atoms with Gasteiger partial charge in [0.2, 0.25) is 0 Å². The van der Waals surface area contributed by atoms with Crippen LogP contribution in [0.5, 0.6) is 0 Å². The lowest BCUT2D eigenvalue weighted by Gasteiger charge is -2.17. The van der Waals surface area contributed by atoms with Crippen LogP contribution in [0.1, 0.15) is 19.8 Å². The van der Waals surface area contributed by atoms with Crippen LogP contribution in [0.25, 0.3) is 0 Å². The molecule has 16 heavy (non-hydrogen) atoms. The Balaban J connectivity index is 3.31. The van der Waals surface area contributed by atoms with Crippen molar-refractivity contribution in [1.82, 2.24) is 4.90 Å². The molecule has 2 nitrogen and oxygen atoms in total. The molecule has 0 saturated heterocycles. The summed E-state index contributed by atoms with van der Waals surface area (Å²) >= 11 is 5.78. The predicted molar refractivity (Wildman–Crippen MR) is 58.9 cm³/mol. The van der Waals surface area contributed by atoms with Gasteiger partial charge in [0.1, 0.15) is 6.61 Å². The van der Waals surface area contributed by atoms with E-state index in [2.05, 4.69) is 4.74 Å². The average molecular weight is 262 g/mol. The third kappa shape index (κ3) is 12.1. The smallest absolute Gasteiger partial charge is 0.372 e. The Labute approximate surface area is 99.7 Å². The molecule has 0 aromatic heterocycles. The molecule has 1 atom stereocenters. The molecule has 0 saturated carbocycles. The lowest BCUT2D eigenvalue weighted by molar-refractivity contribution is -0.174. The van der Waals surface area contributed by atoms with Crippen LogP contribution in [-0.2, 0) is 4.74 Å². The fraction of sp³-hybridized carbons (Fsp3) is 1.00. The molecule has 1 unspecified atom stereocenters. The molecule has 0 amide bonds. The van der Waals surface area contributed by atoms with Gasteiger partial charge < -0.3 is 9.64 Å². The van der Waals surface area contributed by atoms with Crippen molar-refractivity contribution in [1.29, 1.82) is 0 Å². The summed E-state index contributed by atoms with van der Waals surface area (Å²) in [6.45, 7) is 2.48. The van der Waals surface area contributed by atoms with E-state index in [-0.39, 0.29) is 12.0 Å². The standard InChI is InChI=1S/C10H19ClF3NO/c1-9(11)4-6-15(2)5-3-7-16-8-10(12,13)14/h9H,3-8H2,1-2H3. The van der Waals surface area contributed by atoms with E-state index in [9.17, 15) is 13.2 Å². The molecule has 0 bridgehead atoms. The first-order chi connectivity index (χ1) is 7.31. The van der Waals surface area contributed by atoms with Gasteiger partial charge >= 0.3 is 6.18 Å². The second-order valence-corrected chi connectivity index (χ2v) is 4.64. The van der Waals surface area contributed by atoms with Crippen molar-refractivity contribution in [2.24, 2.45) is 0 Å². The molecular weight excluding hydrogens is 243 g/mol. The van der Waals surface area contributed by atoms with Crippen LogP contribution >= 0.6 is 11.6 Å². The van der Waals surface area contributed by atoms with E-state index in [0.717, 1.165) is 19.5 Å². The van der Waals surface area contributed by atoms with Crippen molar-refractivity contribution in [3.8, 4) is 0 Å². The number of alkyl halides is 4. The van der Waals surface area contributed by atoms with Crippen molar-refractivity contribution >= 4 is 11.6 Å². The van der Waals surface area contributed by atoms with E-state index in [1.807, 2.05) is 18.9 Å². The molecule has 0 heterocycles. The lowest BCUT2D eigenvalue weighted by Crippen LogP contribution is -2.24. The van der Waals surface area contributed by atoms with E-state index >= 15 is 0 Å². The highest BCUT2D eigenvalue weighted by molar-refractivity contribution is 6.20. The van der Waals surface area contributed by atoms with Gasteiger partial charge in [0.25, 0.3) is 0 Å². The largest absolute Gasteiger partial charge is 0.411 e. The van der Waals surface area contributed by atoms with Crippen LogP contribution in [0.4, 0.5) is 13.2 Å². The monoisotopic (exact) mass is 261 g/mol. The summed E-state index contributed by atoms with van der Waals surface area (Å²) in [5.74, 6) is 0. The summed E-state index contributed by atoms with van der Waals surface area (Å²) in [5.41, 5.74) is 0. The van der Waals surface area contributed by atoms with Crippen LogP contribution in [-0.4, -0.2) is 49.8 Å². The molecular formula is C10H19ClF3NO. The number of ether oxygens (including phenoxy) is 1. The summed E-state index contributed by atoms with van der Waals surface area (Å²) in [7, 11) is 1.92. The zero-order chi connectivity index (χ0) is 12.6. The Bertz CT molecular complexity index is 176. The van der Waals surface area contributed by atoms with Gasteiger partial charge in [-0.2, -0.15) is 13.2 Å². The fourth-order valence-electron chi connectivity index (χ4n) is 1.13. The van der Waals surface area contributed by atoms with Crippen LogP contribution in [0.3, 0.4) is 0 Å². The molecule has 0 aliphatic rings. The maximum atomic E-state index is 11.7. The van der Waals surface area contributed by atoms with Crippen molar-refractivity contribution < 1.29 is 17.9 Å². The minimum absolute atomic E-state index is 0.129. The number of halogens is 4. The molecule has 6 heteroatoms. The summed E-state index contributed by atoms with van der Waals surface area (Å²) in [5, 5.41) is 0.129. The molecule has 98 valence electrons. The maximum Gasteiger partial charge on any atom is 0.411 e. The number of rotatable bonds is 8. The number of hydrogen-bond donors (Lipinski definition) is 0. The quantitative estimate of drug-likeness (QED) is 0.492. The molecule has 0 N–H and O–H groups in total. The highest BCUT2D eigenvalue weighted by Gasteiger charge is 2.27. The van der Waals surface area contributed by atoms with E-state index < -0.39 is 12.8 Å². The van der Waals surface area contributed by atoms with Crippen LogP contribution in [0, 0.1) is 0 Å². The summed E-state index contributed by atoms with van der Waals surface area (Å²) in [4.78, 5) is 2.04. The Kier molecular flexibility index (Phi) is 8.14. The van der Waals surface area contributed by atoms with Crippen molar-refractivity contribution in [3.05, 3.63) is 0 Å². The van der Waals surface area contributed by atoms with E-state index in [1.165, 1.54) is 0 Å². The number of hydrogen-bond acceptors (Lipinski definition) is 2. The van der Waals surface area contributed by atoms with Gasteiger partial charge in [-0.25, -0.2) is 0 Å². The Morgan fingerprint density at radius 2 is 1.94 bits per heavy atom. The van der Waals surface area contributed by atoms with Gasteiger partial charge in [0.05, 0.1) is 0 Å². The molecule has 0 fully saturated rings. The normalized spacial score (nSPS) is 14.4. The van der Waals surface area contributed by atoms with E-state index in [4.69, 9.17) is 11.6 Å². The zero-order valence-corrected chi connectivity index (χ0v) is 10.4. The van der Waals surface area contributed by atoms with Crippen molar-refractivity contribution in [3.63, 3.8) is 0 Å². The van der Waals surface area contributed by atoms with Gasteiger partial charge in [-0.3, -0.25) is 0 Å². The first-order valence-electron chi connectivity index (χ1n) is 5.28. The van der Waals surface area contributed by atoms with Crippen LogP contribution in [0.2, 0.25) is 0 Å². The topological polar surface area (TPSA) is 12.5 Å². The Morgan fingerprint density at radius 1 is 1.31 bits per heavy atom. The van der Waals surface area contributed by atoms with Gasteiger partial charge in [0.15, 0.2) is 0 Å². The number of nitrogens with zero attached hydrogens (tertiary/aromatic N) is 1. The second-order valence-electron chi connectivity index (χ2n) is 3.89. The highest BCUT2D eigenvalue weighted by atomic mass is 35.5. The molecule has 0 spiro atoms. The molecule has 0 aromatic carbocycles. The first kappa shape index (κ1) is 16.0. The third-order valence-electron chi connectivity index (χ3n) is 2.00. The highest BCUT2D eigenvalue weighted by Crippen LogP contribution is 2.14. The summed E-state index contributed by atoms with van der Waals surface area (Å²) in [6.07, 6.45) is -2.75. The Hall–Kier alpha value is -0.0000000000000000555. The zero-order valence-electron chi connectivity index (χ0n) is 9.69. The molecule has 0 aliphatic heterocycles. The molecule has 0 aliphatic carbocycles. The van der Waals surface area contributed by atoms with Crippen LogP contribution in [0.15, 0.2) is 0 Å². The summed E-state index contributed by atoms with van der Waals surface area (Å²) in [6, 6.07) is 0.